The molecule has 0 radical (unpaired) electrons. The molecule has 1 aromatic carbocycles. The predicted octanol–water partition coefficient (Wildman–Crippen LogP) is 3.83. The summed E-state index contributed by atoms with van der Waals surface area (Å²) in [6.07, 6.45) is 8.13. The molecule has 0 bridgehead atoms. The normalized spacial score (nSPS) is 17.8. The summed E-state index contributed by atoms with van der Waals surface area (Å²) in [5.41, 5.74) is 1.19. The summed E-state index contributed by atoms with van der Waals surface area (Å²) < 4.78 is 5.23. The van der Waals surface area contributed by atoms with Gasteiger partial charge in [-0.05, 0) is 25.0 Å². The molecule has 1 aliphatic rings. The highest BCUT2D eigenvalue weighted by molar-refractivity contribution is 5.48. The Morgan fingerprint density at radius 1 is 1.12 bits per heavy atom. The molecular formula is C14H21NO. The van der Waals surface area contributed by atoms with Gasteiger partial charge in [-0.1, -0.05) is 31.7 Å². The first-order valence-corrected chi connectivity index (χ1v) is 6.29. The van der Waals surface area contributed by atoms with E-state index in [2.05, 4.69) is 17.4 Å². The van der Waals surface area contributed by atoms with Gasteiger partial charge in [-0.15, -0.1) is 0 Å². The van der Waals surface area contributed by atoms with Crippen LogP contribution in [0.15, 0.2) is 24.3 Å². The summed E-state index contributed by atoms with van der Waals surface area (Å²) >= 11 is 0. The summed E-state index contributed by atoms with van der Waals surface area (Å²) in [7, 11) is 1.71. The van der Waals surface area contributed by atoms with Crippen LogP contribution in [0.25, 0.3) is 0 Å². The minimum absolute atomic E-state index is 0.648. The highest BCUT2D eigenvalue weighted by Gasteiger charge is 2.11. The van der Waals surface area contributed by atoms with Gasteiger partial charge in [0.1, 0.15) is 5.75 Å². The van der Waals surface area contributed by atoms with E-state index >= 15 is 0 Å². The molecule has 0 spiro atoms. The molecule has 1 aromatic rings. The van der Waals surface area contributed by atoms with Crippen LogP contribution in [-0.2, 0) is 0 Å². The predicted molar refractivity (Wildman–Crippen MR) is 68.1 cm³/mol. The third-order valence-electron chi connectivity index (χ3n) is 3.30. The average molecular weight is 219 g/mol. The van der Waals surface area contributed by atoms with Crippen LogP contribution in [0.4, 0.5) is 5.69 Å². The van der Waals surface area contributed by atoms with Gasteiger partial charge in [0.15, 0.2) is 0 Å². The van der Waals surface area contributed by atoms with E-state index in [9.17, 15) is 0 Å². The van der Waals surface area contributed by atoms with Crippen LogP contribution in [-0.4, -0.2) is 13.2 Å². The SMILES string of the molecule is COc1cccc(NC2CCCCCC2)c1. The average Bonchev–Trinajstić information content (AvgIpc) is 2.58. The molecule has 88 valence electrons. The number of benzene rings is 1. The molecule has 1 aliphatic carbocycles. The molecule has 0 amide bonds. The second-order valence-corrected chi connectivity index (χ2v) is 4.56. The Morgan fingerprint density at radius 3 is 2.56 bits per heavy atom. The lowest BCUT2D eigenvalue weighted by Crippen LogP contribution is -2.18. The van der Waals surface area contributed by atoms with Gasteiger partial charge in [0, 0.05) is 17.8 Å². The van der Waals surface area contributed by atoms with Crippen molar-refractivity contribution in [1.29, 1.82) is 0 Å². The molecule has 1 N–H and O–H groups in total. The number of anilines is 1. The lowest BCUT2D eigenvalue weighted by atomic mass is 10.1. The number of methoxy groups -OCH3 is 1. The van der Waals surface area contributed by atoms with Crippen molar-refractivity contribution in [1.82, 2.24) is 0 Å². The minimum atomic E-state index is 0.648. The Hall–Kier alpha value is -1.18. The smallest absolute Gasteiger partial charge is 0.120 e. The molecule has 0 aliphatic heterocycles. The van der Waals surface area contributed by atoms with Crippen molar-refractivity contribution >= 4 is 5.69 Å². The zero-order valence-electron chi connectivity index (χ0n) is 10.0. The molecule has 16 heavy (non-hydrogen) atoms. The second kappa shape index (κ2) is 5.78. The van der Waals surface area contributed by atoms with Gasteiger partial charge in [0.25, 0.3) is 0 Å². The highest BCUT2D eigenvalue weighted by Crippen LogP contribution is 2.23. The standard InChI is InChI=1S/C14H21NO/c1-16-14-10-6-9-13(11-14)15-12-7-4-2-3-5-8-12/h6,9-12,15H,2-5,7-8H2,1H3. The minimum Gasteiger partial charge on any atom is -0.497 e. The van der Waals surface area contributed by atoms with E-state index < -0.39 is 0 Å². The first kappa shape index (κ1) is 11.3. The van der Waals surface area contributed by atoms with E-state index in [-0.39, 0.29) is 0 Å². The number of ether oxygens (including phenoxy) is 1. The van der Waals surface area contributed by atoms with Gasteiger partial charge in [-0.25, -0.2) is 0 Å². The lowest BCUT2D eigenvalue weighted by Gasteiger charge is -2.17. The molecule has 0 atom stereocenters. The second-order valence-electron chi connectivity index (χ2n) is 4.56. The molecule has 0 heterocycles. The van der Waals surface area contributed by atoms with Crippen molar-refractivity contribution in [3.05, 3.63) is 24.3 Å². The molecule has 1 saturated carbocycles. The maximum Gasteiger partial charge on any atom is 0.120 e. The van der Waals surface area contributed by atoms with Crippen molar-refractivity contribution in [2.45, 2.75) is 44.6 Å². The number of rotatable bonds is 3. The van der Waals surface area contributed by atoms with Crippen LogP contribution in [0, 0.1) is 0 Å². The van der Waals surface area contributed by atoms with Crippen LogP contribution in [0.2, 0.25) is 0 Å². The monoisotopic (exact) mass is 219 g/mol. The third-order valence-corrected chi connectivity index (χ3v) is 3.30. The van der Waals surface area contributed by atoms with Crippen LogP contribution in [0.3, 0.4) is 0 Å². The number of hydrogen-bond donors (Lipinski definition) is 1. The summed E-state index contributed by atoms with van der Waals surface area (Å²) in [5.74, 6) is 0.929. The van der Waals surface area contributed by atoms with E-state index in [0.29, 0.717) is 6.04 Å². The van der Waals surface area contributed by atoms with E-state index in [4.69, 9.17) is 4.74 Å². The molecule has 2 nitrogen and oxygen atoms in total. The summed E-state index contributed by atoms with van der Waals surface area (Å²) in [6.45, 7) is 0. The van der Waals surface area contributed by atoms with Crippen LogP contribution >= 0.6 is 0 Å². The van der Waals surface area contributed by atoms with Gasteiger partial charge < -0.3 is 10.1 Å². The van der Waals surface area contributed by atoms with Gasteiger partial charge in [-0.3, -0.25) is 0 Å². The van der Waals surface area contributed by atoms with E-state index in [1.807, 2.05) is 12.1 Å². The van der Waals surface area contributed by atoms with Gasteiger partial charge in [0.2, 0.25) is 0 Å². The van der Waals surface area contributed by atoms with Crippen molar-refractivity contribution in [3.63, 3.8) is 0 Å². The van der Waals surface area contributed by atoms with Crippen LogP contribution in [0.1, 0.15) is 38.5 Å². The highest BCUT2D eigenvalue weighted by atomic mass is 16.5. The fourth-order valence-corrected chi connectivity index (χ4v) is 2.37. The Labute approximate surface area is 98.0 Å². The third kappa shape index (κ3) is 3.16. The van der Waals surface area contributed by atoms with Crippen LogP contribution < -0.4 is 10.1 Å². The zero-order valence-corrected chi connectivity index (χ0v) is 10.0. The summed E-state index contributed by atoms with van der Waals surface area (Å²) in [6, 6.07) is 8.86. The van der Waals surface area contributed by atoms with Gasteiger partial charge >= 0.3 is 0 Å². The van der Waals surface area contributed by atoms with Crippen molar-refractivity contribution in [2.75, 3.05) is 12.4 Å². The van der Waals surface area contributed by atoms with E-state index in [1.165, 1.54) is 44.2 Å². The Bertz CT molecular complexity index is 316. The number of hydrogen-bond acceptors (Lipinski definition) is 2. The maximum absolute atomic E-state index is 5.23. The molecule has 1 fully saturated rings. The van der Waals surface area contributed by atoms with E-state index in [1.54, 1.807) is 7.11 Å². The fourth-order valence-electron chi connectivity index (χ4n) is 2.37. The Balaban J connectivity index is 1.96. The Morgan fingerprint density at radius 2 is 1.88 bits per heavy atom. The van der Waals surface area contributed by atoms with Crippen molar-refractivity contribution < 1.29 is 4.74 Å². The number of nitrogens with one attached hydrogen (secondary N) is 1. The Kier molecular flexibility index (Phi) is 4.09. The first-order valence-electron chi connectivity index (χ1n) is 6.29. The summed E-state index contributed by atoms with van der Waals surface area (Å²) in [5, 5.41) is 3.62. The molecule has 0 saturated heterocycles. The molecule has 2 heteroatoms. The quantitative estimate of drug-likeness (QED) is 0.780. The molecule has 0 unspecified atom stereocenters. The molecule has 2 rings (SSSR count). The van der Waals surface area contributed by atoms with E-state index in [0.717, 1.165) is 5.75 Å². The van der Waals surface area contributed by atoms with Crippen molar-refractivity contribution in [2.24, 2.45) is 0 Å². The topological polar surface area (TPSA) is 21.3 Å². The summed E-state index contributed by atoms with van der Waals surface area (Å²) in [4.78, 5) is 0. The van der Waals surface area contributed by atoms with Gasteiger partial charge in [0.05, 0.1) is 7.11 Å². The molecule has 0 aromatic heterocycles. The first-order chi connectivity index (χ1) is 7.88. The largest absolute Gasteiger partial charge is 0.497 e. The maximum atomic E-state index is 5.23. The fraction of sp³-hybridized carbons (Fsp3) is 0.571. The zero-order chi connectivity index (χ0) is 11.2. The van der Waals surface area contributed by atoms with Gasteiger partial charge in [-0.2, -0.15) is 0 Å². The molecular weight excluding hydrogens is 198 g/mol. The lowest BCUT2D eigenvalue weighted by molar-refractivity contribution is 0.415. The van der Waals surface area contributed by atoms with Crippen LogP contribution in [0.5, 0.6) is 5.75 Å². The van der Waals surface area contributed by atoms with Crippen molar-refractivity contribution in [3.8, 4) is 5.75 Å².